The second-order valence-corrected chi connectivity index (χ2v) is 11.4. The highest BCUT2D eigenvalue weighted by Gasteiger charge is 2.39. The highest BCUT2D eigenvalue weighted by Crippen LogP contribution is 2.42. The summed E-state index contributed by atoms with van der Waals surface area (Å²) >= 11 is 1.44. The standard InChI is InChI=1S/C28H36FN3O5S/c1-15-9-24(38-4)21(28(34)31-15)11-30-27(33)20-10-22(29)26-25(16(20)2)37-23(14-36-26)17-5-7-18(8-6-17)32-12-19(13-32)35-3/h9-10,17-19,23H,5-8,11-14H2,1-4H3,(H,30,33)(H,31,34)/t17-,18-,23-/m0/s1. The summed E-state index contributed by atoms with van der Waals surface area (Å²) in [6, 6.07) is 3.64. The Morgan fingerprint density at radius 3 is 2.63 bits per heavy atom. The fourth-order valence-corrected chi connectivity index (χ4v) is 6.56. The molecule has 2 aromatic rings. The van der Waals surface area contributed by atoms with Gasteiger partial charge in [-0.2, -0.15) is 0 Å². The SMILES string of the molecule is COC1CN([C@H]2CC[C@H]([C@@H]3COc4c(F)cc(C(=O)NCc5c(SC)cc(C)[nH]c5=O)c(C)c4O3)CC2)C1. The largest absolute Gasteiger partial charge is 0.483 e. The van der Waals surface area contributed by atoms with Crippen LogP contribution in [0.15, 0.2) is 21.8 Å². The van der Waals surface area contributed by atoms with Crippen LogP contribution in [0.1, 0.15) is 52.9 Å². The lowest BCUT2D eigenvalue weighted by Gasteiger charge is -2.46. The first-order chi connectivity index (χ1) is 18.3. The first kappa shape index (κ1) is 27.0. The first-order valence-electron chi connectivity index (χ1n) is 13.2. The van der Waals surface area contributed by atoms with Gasteiger partial charge in [-0.15, -0.1) is 11.8 Å². The van der Waals surface area contributed by atoms with Crippen LogP contribution in [0.3, 0.4) is 0 Å². The number of fused-ring (bicyclic) bond motifs is 1. The number of ether oxygens (including phenoxy) is 3. The van der Waals surface area contributed by atoms with Gasteiger partial charge < -0.3 is 24.5 Å². The molecule has 1 saturated carbocycles. The van der Waals surface area contributed by atoms with E-state index in [2.05, 4.69) is 15.2 Å². The molecule has 0 bridgehead atoms. The number of benzene rings is 1. The van der Waals surface area contributed by atoms with Gasteiger partial charge in [0.05, 0.1) is 6.10 Å². The molecule has 2 fully saturated rings. The van der Waals surface area contributed by atoms with Gasteiger partial charge in [0.1, 0.15) is 12.7 Å². The molecule has 1 saturated heterocycles. The van der Waals surface area contributed by atoms with E-state index in [1.165, 1.54) is 17.8 Å². The smallest absolute Gasteiger partial charge is 0.254 e. The molecule has 3 aliphatic rings. The number of hydrogen-bond donors (Lipinski definition) is 2. The zero-order valence-corrected chi connectivity index (χ0v) is 23.2. The molecule has 10 heteroatoms. The quantitative estimate of drug-likeness (QED) is 0.511. The van der Waals surface area contributed by atoms with Gasteiger partial charge >= 0.3 is 0 Å². The van der Waals surface area contributed by atoms with Gasteiger partial charge in [0, 0.05) is 60.1 Å². The Morgan fingerprint density at radius 1 is 1.21 bits per heavy atom. The van der Waals surface area contributed by atoms with E-state index in [1.807, 2.05) is 19.2 Å². The minimum atomic E-state index is -0.624. The third-order valence-corrected chi connectivity index (χ3v) is 9.02. The number of thioether (sulfide) groups is 1. The van der Waals surface area contributed by atoms with Crippen LogP contribution in [-0.4, -0.2) is 67.1 Å². The van der Waals surface area contributed by atoms with Crippen LogP contribution in [0.4, 0.5) is 4.39 Å². The molecule has 38 heavy (non-hydrogen) atoms. The van der Waals surface area contributed by atoms with E-state index in [0.717, 1.165) is 49.4 Å². The predicted molar refractivity (Wildman–Crippen MR) is 144 cm³/mol. The van der Waals surface area contributed by atoms with Crippen molar-refractivity contribution in [1.82, 2.24) is 15.2 Å². The fraction of sp³-hybridized carbons (Fsp3) is 0.571. The number of aromatic nitrogens is 1. The number of carbonyl (C=O) groups excluding carboxylic acids is 1. The highest BCUT2D eigenvalue weighted by molar-refractivity contribution is 7.98. The van der Waals surface area contributed by atoms with E-state index in [1.54, 1.807) is 14.0 Å². The zero-order valence-electron chi connectivity index (χ0n) is 22.4. The molecule has 0 radical (unpaired) electrons. The molecule has 1 amide bonds. The monoisotopic (exact) mass is 545 g/mol. The second-order valence-electron chi connectivity index (χ2n) is 10.5. The molecular weight excluding hydrogens is 509 g/mol. The van der Waals surface area contributed by atoms with Crippen LogP contribution in [0.5, 0.6) is 11.5 Å². The maximum absolute atomic E-state index is 15.0. The van der Waals surface area contributed by atoms with Crippen LogP contribution < -0.4 is 20.3 Å². The summed E-state index contributed by atoms with van der Waals surface area (Å²) in [5.74, 6) is -0.406. The summed E-state index contributed by atoms with van der Waals surface area (Å²) in [4.78, 5) is 31.6. The van der Waals surface area contributed by atoms with Gasteiger partial charge in [0.2, 0.25) is 0 Å². The molecule has 3 heterocycles. The van der Waals surface area contributed by atoms with Crippen molar-refractivity contribution in [3.05, 3.63) is 50.7 Å². The molecule has 1 aromatic heterocycles. The number of nitrogens with zero attached hydrogens (tertiary/aromatic N) is 1. The molecule has 5 rings (SSSR count). The minimum absolute atomic E-state index is 0.0358. The molecule has 1 aliphatic carbocycles. The molecule has 0 unspecified atom stereocenters. The van der Waals surface area contributed by atoms with Crippen molar-refractivity contribution in [2.75, 3.05) is 33.1 Å². The topological polar surface area (TPSA) is 92.9 Å². The Hall–Kier alpha value is -2.56. The lowest BCUT2D eigenvalue weighted by Crippen LogP contribution is -2.57. The van der Waals surface area contributed by atoms with Crippen molar-refractivity contribution in [2.45, 2.75) is 69.2 Å². The van der Waals surface area contributed by atoms with Crippen molar-refractivity contribution in [3.63, 3.8) is 0 Å². The molecule has 1 aromatic carbocycles. The number of methoxy groups -OCH3 is 1. The maximum Gasteiger partial charge on any atom is 0.254 e. The lowest BCUT2D eigenvalue weighted by atomic mass is 9.81. The van der Waals surface area contributed by atoms with Crippen molar-refractivity contribution < 1.29 is 23.4 Å². The molecule has 0 spiro atoms. The van der Waals surface area contributed by atoms with E-state index in [4.69, 9.17) is 14.2 Å². The van der Waals surface area contributed by atoms with Gasteiger partial charge in [-0.25, -0.2) is 4.39 Å². The molecule has 2 aliphatic heterocycles. The second kappa shape index (κ2) is 11.3. The van der Waals surface area contributed by atoms with E-state index in [9.17, 15) is 9.59 Å². The number of aryl methyl sites for hydroxylation is 1. The molecule has 8 nitrogen and oxygen atoms in total. The van der Waals surface area contributed by atoms with Crippen molar-refractivity contribution in [3.8, 4) is 11.5 Å². The number of carbonyl (C=O) groups is 1. The summed E-state index contributed by atoms with van der Waals surface area (Å²) in [5.41, 5.74) is 1.69. The van der Waals surface area contributed by atoms with Crippen LogP contribution in [0, 0.1) is 25.6 Å². The van der Waals surface area contributed by atoms with Crippen molar-refractivity contribution in [1.29, 1.82) is 0 Å². The van der Waals surface area contributed by atoms with Gasteiger partial charge in [0.15, 0.2) is 17.3 Å². The maximum atomic E-state index is 15.0. The Kier molecular flexibility index (Phi) is 8.02. The van der Waals surface area contributed by atoms with Gasteiger partial charge in [0.25, 0.3) is 11.5 Å². The van der Waals surface area contributed by atoms with Gasteiger partial charge in [-0.05, 0) is 63.8 Å². The Labute approximate surface area is 226 Å². The van der Waals surface area contributed by atoms with Gasteiger partial charge in [-0.3, -0.25) is 14.5 Å². The van der Waals surface area contributed by atoms with Gasteiger partial charge in [-0.1, -0.05) is 0 Å². The number of halogens is 1. The third-order valence-electron chi connectivity index (χ3n) is 8.21. The summed E-state index contributed by atoms with van der Waals surface area (Å²) in [6.07, 6.45) is 6.29. The van der Waals surface area contributed by atoms with E-state index in [-0.39, 0.29) is 29.5 Å². The molecular formula is C28H36FN3O5S. The number of nitrogens with one attached hydrogen (secondary N) is 2. The first-order valence-corrected chi connectivity index (χ1v) is 14.5. The number of rotatable bonds is 7. The zero-order chi connectivity index (χ0) is 27.0. The summed E-state index contributed by atoms with van der Waals surface area (Å²) < 4.78 is 32.6. The normalized spacial score (nSPS) is 23.7. The van der Waals surface area contributed by atoms with Crippen molar-refractivity contribution >= 4 is 17.7 Å². The van der Waals surface area contributed by atoms with Crippen LogP contribution in [-0.2, 0) is 11.3 Å². The van der Waals surface area contributed by atoms with Crippen LogP contribution in [0.2, 0.25) is 0 Å². The summed E-state index contributed by atoms with van der Waals surface area (Å²) in [7, 11) is 1.77. The number of pyridine rings is 1. The minimum Gasteiger partial charge on any atom is -0.483 e. The molecule has 1 atom stereocenters. The number of H-pyrrole nitrogens is 1. The average Bonchev–Trinajstić information content (AvgIpc) is 2.89. The lowest BCUT2D eigenvalue weighted by molar-refractivity contribution is -0.0650. The van der Waals surface area contributed by atoms with E-state index in [0.29, 0.717) is 41.5 Å². The third kappa shape index (κ3) is 5.31. The van der Waals surface area contributed by atoms with Crippen LogP contribution in [0.25, 0.3) is 0 Å². The Morgan fingerprint density at radius 2 is 1.95 bits per heavy atom. The molecule has 2 N–H and O–H groups in total. The molecule has 206 valence electrons. The number of hydrogen-bond acceptors (Lipinski definition) is 7. The summed E-state index contributed by atoms with van der Waals surface area (Å²) in [5, 5.41) is 2.78. The Bertz CT molecular complexity index is 1250. The van der Waals surface area contributed by atoms with E-state index >= 15 is 4.39 Å². The fourth-order valence-electron chi connectivity index (χ4n) is 5.85. The highest BCUT2D eigenvalue weighted by atomic mass is 32.2. The van der Waals surface area contributed by atoms with Crippen molar-refractivity contribution in [2.24, 2.45) is 5.92 Å². The number of amides is 1. The number of aromatic amines is 1. The Balaban J connectivity index is 1.26. The van der Waals surface area contributed by atoms with Crippen LogP contribution >= 0.6 is 11.8 Å². The summed E-state index contributed by atoms with van der Waals surface area (Å²) in [6.45, 7) is 5.90. The number of likely N-dealkylation sites (tertiary alicyclic amines) is 1. The average molecular weight is 546 g/mol. The van der Waals surface area contributed by atoms with E-state index < -0.39 is 11.7 Å². The predicted octanol–water partition coefficient (Wildman–Crippen LogP) is 3.81.